The fourth-order valence-corrected chi connectivity index (χ4v) is 6.10. The summed E-state index contributed by atoms with van der Waals surface area (Å²) in [6, 6.07) is 9.68. The third-order valence-electron chi connectivity index (χ3n) is 7.12. The maximum atomic E-state index is 14.4. The van der Waals surface area contributed by atoms with Crippen LogP contribution >= 0.6 is 12.1 Å². The summed E-state index contributed by atoms with van der Waals surface area (Å²) >= 11 is 1.26. The molecule has 1 aliphatic carbocycles. The van der Waals surface area contributed by atoms with Crippen molar-refractivity contribution in [3.05, 3.63) is 59.7 Å². The molecule has 0 spiro atoms. The number of amides is 1. The summed E-state index contributed by atoms with van der Waals surface area (Å²) < 4.78 is 45.6. The number of nitriles is 1. The quantitative estimate of drug-likeness (QED) is 0.411. The molecule has 1 saturated carbocycles. The van der Waals surface area contributed by atoms with Gasteiger partial charge in [-0.2, -0.15) is 5.26 Å². The summed E-state index contributed by atoms with van der Waals surface area (Å²) in [5, 5.41) is 12.6. The molecule has 1 N–H and O–H groups in total. The first-order valence-electron chi connectivity index (χ1n) is 13.0. The minimum absolute atomic E-state index is 0.0797. The number of hydrogen-bond donors (Lipinski definition) is 1. The van der Waals surface area contributed by atoms with Crippen molar-refractivity contribution in [3.8, 4) is 6.07 Å². The highest BCUT2D eigenvalue weighted by molar-refractivity contribution is 7.98. The van der Waals surface area contributed by atoms with Gasteiger partial charge in [0.1, 0.15) is 17.9 Å². The average molecular weight is 546 g/mol. The van der Waals surface area contributed by atoms with E-state index in [4.69, 9.17) is 0 Å². The van der Waals surface area contributed by atoms with Crippen LogP contribution in [0.25, 0.3) is 0 Å². The summed E-state index contributed by atoms with van der Waals surface area (Å²) in [6.07, 6.45) is 3.86. The van der Waals surface area contributed by atoms with E-state index in [2.05, 4.69) is 37.1 Å². The van der Waals surface area contributed by atoms with Gasteiger partial charge in [0.05, 0.1) is 12.3 Å². The number of halogens is 3. The van der Waals surface area contributed by atoms with E-state index in [1.165, 1.54) is 24.4 Å². The number of rotatable bonds is 7. The molecule has 0 radical (unpaired) electrons. The number of nitrogens with one attached hydrogen (secondary N) is 1. The Kier molecular flexibility index (Phi) is 8.58. The van der Waals surface area contributed by atoms with Gasteiger partial charge in [-0.1, -0.05) is 32.9 Å². The number of benzene rings is 1. The normalized spacial score (nSPS) is 21.0. The highest BCUT2D eigenvalue weighted by Gasteiger charge is 2.39. The molecule has 38 heavy (non-hydrogen) atoms. The lowest BCUT2D eigenvalue weighted by atomic mass is 9.87. The maximum Gasteiger partial charge on any atom is 0.248 e. The van der Waals surface area contributed by atoms with E-state index in [0.29, 0.717) is 17.8 Å². The largest absolute Gasteiger partial charge is 0.351 e. The Hall–Kier alpha value is -2.77. The molecule has 204 valence electrons. The summed E-state index contributed by atoms with van der Waals surface area (Å²) in [6.45, 7) is 6.99. The molecule has 2 heterocycles. The van der Waals surface area contributed by atoms with Crippen molar-refractivity contribution >= 4 is 23.7 Å². The zero-order valence-electron chi connectivity index (χ0n) is 22.0. The molecule has 1 aliphatic heterocycles. The van der Waals surface area contributed by atoms with Crippen molar-refractivity contribution in [2.24, 2.45) is 0 Å². The Labute approximate surface area is 226 Å². The molecular weight excluding hydrogens is 511 g/mol. The molecule has 1 aromatic heterocycles. The van der Waals surface area contributed by atoms with Gasteiger partial charge in [0, 0.05) is 55.0 Å². The Morgan fingerprint density at radius 1 is 1.21 bits per heavy atom. The van der Waals surface area contributed by atoms with Crippen molar-refractivity contribution in [3.63, 3.8) is 0 Å². The molecule has 2 fully saturated rings. The molecule has 1 aromatic carbocycles. The van der Waals surface area contributed by atoms with Gasteiger partial charge in [0.25, 0.3) is 0 Å². The first-order valence-corrected chi connectivity index (χ1v) is 13.7. The van der Waals surface area contributed by atoms with Crippen LogP contribution < -0.4 is 9.62 Å². The molecule has 2 unspecified atom stereocenters. The van der Waals surface area contributed by atoms with Gasteiger partial charge < -0.3 is 5.32 Å². The van der Waals surface area contributed by atoms with Crippen molar-refractivity contribution in [2.45, 2.75) is 88.8 Å². The van der Waals surface area contributed by atoms with E-state index in [0.717, 1.165) is 24.6 Å². The van der Waals surface area contributed by atoms with E-state index in [-0.39, 0.29) is 37.1 Å². The summed E-state index contributed by atoms with van der Waals surface area (Å²) in [5.74, 6) is -3.72. The van der Waals surface area contributed by atoms with E-state index in [9.17, 15) is 23.2 Å². The molecule has 6 nitrogen and oxygen atoms in total. The highest BCUT2D eigenvalue weighted by atomic mass is 32.2. The first kappa shape index (κ1) is 28.2. The Balaban J connectivity index is 1.72. The van der Waals surface area contributed by atoms with Crippen LogP contribution in [0.1, 0.15) is 76.5 Å². The number of carbonyl (C=O) groups excluding carboxylic acids is 1. The zero-order chi connectivity index (χ0) is 27.5. The van der Waals surface area contributed by atoms with Crippen LogP contribution in [0.15, 0.2) is 42.7 Å². The smallest absolute Gasteiger partial charge is 0.248 e. The predicted molar refractivity (Wildman–Crippen MR) is 143 cm³/mol. The van der Waals surface area contributed by atoms with Crippen molar-refractivity contribution in [1.82, 2.24) is 14.6 Å². The lowest BCUT2D eigenvalue weighted by Gasteiger charge is -2.36. The number of alkyl halides is 2. The summed E-state index contributed by atoms with van der Waals surface area (Å²) in [5.41, 5.74) is 2.07. The predicted octanol–water partition coefficient (Wildman–Crippen LogP) is 6.31. The van der Waals surface area contributed by atoms with Crippen LogP contribution in [0.5, 0.6) is 0 Å². The van der Waals surface area contributed by atoms with E-state index in [1.807, 2.05) is 28.6 Å². The number of nitrogens with zero attached hydrogens (tertiary/aromatic N) is 4. The van der Waals surface area contributed by atoms with Gasteiger partial charge in [-0.3, -0.25) is 14.1 Å². The van der Waals surface area contributed by atoms with E-state index < -0.39 is 29.7 Å². The molecule has 2 aromatic rings. The Morgan fingerprint density at radius 2 is 1.89 bits per heavy atom. The average Bonchev–Trinajstić information content (AvgIpc) is 3.32. The molecule has 10 heteroatoms. The molecule has 4 rings (SSSR count). The third-order valence-corrected chi connectivity index (χ3v) is 8.37. The van der Waals surface area contributed by atoms with Crippen LogP contribution in [0, 0.1) is 17.1 Å². The fraction of sp³-hybridized carbons (Fsp3) is 0.536. The van der Waals surface area contributed by atoms with Crippen LogP contribution in [0.4, 0.5) is 18.9 Å². The zero-order valence-corrected chi connectivity index (χ0v) is 22.8. The number of aromatic nitrogens is 1. The second kappa shape index (κ2) is 11.5. The molecule has 1 amide bonds. The standard InChI is InChI=1S/C28H34F3N5OS/c1-27(2,3)20-6-8-23(9-7-20)36(38-35-14-4-5-24(35)16-32)25(19-15-21(29)18-33-17-19)26(37)34-22-10-12-28(30,31)13-11-22/h6-9,15,17-18,22,24-25H,4-5,10-14H2,1-3H3,(H,34,37). The second-order valence-corrected chi connectivity index (χ2v) is 12.1. The van der Waals surface area contributed by atoms with Crippen LogP contribution in [-0.2, 0) is 10.2 Å². The maximum absolute atomic E-state index is 14.4. The second-order valence-electron chi connectivity index (χ2n) is 11.1. The Morgan fingerprint density at radius 3 is 2.50 bits per heavy atom. The van der Waals surface area contributed by atoms with Gasteiger partial charge in [0.2, 0.25) is 11.8 Å². The minimum atomic E-state index is -2.72. The van der Waals surface area contributed by atoms with Gasteiger partial charge >= 0.3 is 0 Å². The topological polar surface area (TPSA) is 72.3 Å². The fourth-order valence-electron chi connectivity index (χ4n) is 4.87. The van der Waals surface area contributed by atoms with Gasteiger partial charge in [0.15, 0.2) is 0 Å². The lowest BCUT2D eigenvalue weighted by molar-refractivity contribution is -0.124. The van der Waals surface area contributed by atoms with Crippen molar-refractivity contribution in [2.75, 3.05) is 10.8 Å². The molecular formula is C28H34F3N5OS. The van der Waals surface area contributed by atoms with Crippen LogP contribution in [0.3, 0.4) is 0 Å². The highest BCUT2D eigenvalue weighted by Crippen LogP contribution is 2.40. The monoisotopic (exact) mass is 545 g/mol. The van der Waals surface area contributed by atoms with Crippen molar-refractivity contribution in [1.29, 1.82) is 5.26 Å². The third kappa shape index (κ3) is 6.80. The molecule has 2 aliphatic rings. The summed E-state index contributed by atoms with van der Waals surface area (Å²) in [7, 11) is 0. The molecule has 0 bridgehead atoms. The van der Waals surface area contributed by atoms with E-state index in [1.54, 1.807) is 4.31 Å². The number of anilines is 1. The van der Waals surface area contributed by atoms with Crippen molar-refractivity contribution < 1.29 is 18.0 Å². The van der Waals surface area contributed by atoms with E-state index >= 15 is 0 Å². The van der Waals surface area contributed by atoms with Gasteiger partial charge in [-0.25, -0.2) is 17.5 Å². The minimum Gasteiger partial charge on any atom is -0.351 e. The van der Waals surface area contributed by atoms with Gasteiger partial charge in [-0.15, -0.1) is 0 Å². The SMILES string of the molecule is CC(C)(C)c1ccc(N(SN2CCCC2C#N)C(C(=O)NC2CCC(F)(F)CC2)c2cncc(F)c2)cc1. The number of carbonyl (C=O) groups is 1. The molecule has 2 atom stereocenters. The number of pyridine rings is 1. The number of hydrogen-bond acceptors (Lipinski definition) is 6. The van der Waals surface area contributed by atoms with Crippen LogP contribution in [0.2, 0.25) is 0 Å². The molecule has 1 saturated heterocycles. The first-order chi connectivity index (χ1) is 18.0. The van der Waals surface area contributed by atoms with Gasteiger partial charge in [-0.05, 0) is 54.9 Å². The van der Waals surface area contributed by atoms with Crippen LogP contribution in [-0.4, -0.2) is 39.7 Å². The lowest BCUT2D eigenvalue weighted by Crippen LogP contribution is -2.46. The Bertz CT molecular complexity index is 1150. The summed E-state index contributed by atoms with van der Waals surface area (Å²) in [4.78, 5) is 17.8.